The van der Waals surface area contributed by atoms with E-state index in [0.29, 0.717) is 0 Å². The lowest BCUT2D eigenvalue weighted by atomic mass is 9.67. The molecule has 9 aromatic rings. The van der Waals surface area contributed by atoms with E-state index < -0.39 is 5.41 Å². The number of rotatable bonds is 7. The highest BCUT2D eigenvalue weighted by molar-refractivity contribution is 5.88. The van der Waals surface area contributed by atoms with Crippen molar-refractivity contribution in [2.45, 2.75) is 24.7 Å². The van der Waals surface area contributed by atoms with Crippen LogP contribution in [0.1, 0.15) is 47.2 Å². The smallest absolute Gasteiger partial charge is 0.0713 e. The lowest BCUT2D eigenvalue weighted by Crippen LogP contribution is -2.28. The van der Waals surface area contributed by atoms with Gasteiger partial charge < -0.3 is 4.90 Å². The summed E-state index contributed by atoms with van der Waals surface area (Å²) in [7, 11) is 0. The third-order valence-electron chi connectivity index (χ3n) is 13.0. The molecular formula is C58H43N. The van der Waals surface area contributed by atoms with E-state index in [2.05, 4.69) is 243 Å². The lowest BCUT2D eigenvalue weighted by Gasteiger charge is -2.34. The zero-order chi connectivity index (χ0) is 39.6. The van der Waals surface area contributed by atoms with Crippen molar-refractivity contribution in [1.82, 2.24) is 0 Å². The molecule has 0 heterocycles. The molecule has 1 nitrogen and oxygen atoms in total. The van der Waals surface area contributed by atoms with Gasteiger partial charge in [0.2, 0.25) is 0 Å². The Balaban J connectivity index is 1.02. The molecule has 2 aliphatic carbocycles. The summed E-state index contributed by atoms with van der Waals surface area (Å²) < 4.78 is 0. The molecule has 0 aromatic heterocycles. The molecule has 0 unspecified atom stereocenters. The van der Waals surface area contributed by atoms with Gasteiger partial charge in [-0.25, -0.2) is 0 Å². The van der Waals surface area contributed by atoms with E-state index in [4.69, 9.17) is 0 Å². The zero-order valence-corrected chi connectivity index (χ0v) is 33.3. The maximum absolute atomic E-state index is 2.42. The Morgan fingerprint density at radius 3 is 1.32 bits per heavy atom. The highest BCUT2D eigenvalue weighted by Gasteiger charge is 2.46. The normalized spacial score (nSPS) is 13.9. The quantitative estimate of drug-likeness (QED) is 0.157. The van der Waals surface area contributed by atoms with Crippen LogP contribution in [-0.4, -0.2) is 0 Å². The van der Waals surface area contributed by atoms with Gasteiger partial charge in [-0.05, 0) is 120 Å². The van der Waals surface area contributed by atoms with Crippen LogP contribution >= 0.6 is 0 Å². The summed E-state index contributed by atoms with van der Waals surface area (Å²) in [6.07, 6.45) is 0. The fourth-order valence-corrected chi connectivity index (χ4v) is 10.2. The molecule has 11 rings (SSSR count). The standard InChI is InChI=1S/C58H43N/c1-57(2)53-25-12-9-22-49(53)52-37-36-48(39-56(52)57)59(46-32-28-41(29-33-46)40-16-5-3-6-17-40)47-34-30-42(31-35-47)43-18-15-21-45(38-43)58(44-19-7-4-8-20-44)54-26-13-10-23-50(54)51-24-11-14-27-55(51)58/h3-39H,1-2H3. The Morgan fingerprint density at radius 2 is 0.712 bits per heavy atom. The van der Waals surface area contributed by atoms with E-state index in [1.54, 1.807) is 0 Å². The van der Waals surface area contributed by atoms with Gasteiger partial charge in [0.15, 0.2) is 0 Å². The zero-order valence-electron chi connectivity index (χ0n) is 33.3. The van der Waals surface area contributed by atoms with Crippen molar-refractivity contribution in [2.75, 3.05) is 4.90 Å². The number of hydrogen-bond acceptors (Lipinski definition) is 1. The summed E-state index contributed by atoms with van der Waals surface area (Å²) in [5.41, 5.74) is 20.9. The number of fused-ring (bicyclic) bond motifs is 6. The fraction of sp³-hybridized carbons (Fsp3) is 0.0690. The first kappa shape index (κ1) is 35.0. The molecule has 0 N–H and O–H groups in total. The largest absolute Gasteiger partial charge is 0.310 e. The molecule has 0 spiro atoms. The van der Waals surface area contributed by atoms with Gasteiger partial charge in [0, 0.05) is 22.5 Å². The van der Waals surface area contributed by atoms with Crippen LogP contribution in [-0.2, 0) is 10.8 Å². The molecule has 0 radical (unpaired) electrons. The van der Waals surface area contributed by atoms with Gasteiger partial charge in [0.1, 0.15) is 0 Å². The molecule has 0 bridgehead atoms. The van der Waals surface area contributed by atoms with Crippen LogP contribution in [0.3, 0.4) is 0 Å². The number of anilines is 3. The molecule has 2 aliphatic rings. The predicted molar refractivity (Wildman–Crippen MR) is 247 cm³/mol. The Hall–Kier alpha value is -7.22. The van der Waals surface area contributed by atoms with Crippen LogP contribution in [0.2, 0.25) is 0 Å². The Labute approximate surface area is 347 Å². The van der Waals surface area contributed by atoms with E-state index >= 15 is 0 Å². The molecule has 0 amide bonds. The highest BCUT2D eigenvalue weighted by Crippen LogP contribution is 2.56. The minimum absolute atomic E-state index is 0.100. The van der Waals surface area contributed by atoms with Crippen LogP contribution in [0, 0.1) is 0 Å². The minimum atomic E-state index is -0.436. The maximum atomic E-state index is 2.42. The molecule has 0 aliphatic heterocycles. The predicted octanol–water partition coefficient (Wildman–Crippen LogP) is 15.2. The Morgan fingerprint density at radius 1 is 0.288 bits per heavy atom. The Bertz CT molecular complexity index is 2950. The van der Waals surface area contributed by atoms with Crippen molar-refractivity contribution in [2.24, 2.45) is 0 Å². The first-order chi connectivity index (χ1) is 29.0. The van der Waals surface area contributed by atoms with E-state index in [9.17, 15) is 0 Å². The molecule has 0 saturated heterocycles. The summed E-state index contributed by atoms with van der Waals surface area (Å²) in [6.45, 7) is 4.71. The van der Waals surface area contributed by atoms with Gasteiger partial charge in [-0.3, -0.25) is 0 Å². The van der Waals surface area contributed by atoms with Crippen LogP contribution in [0.5, 0.6) is 0 Å². The number of nitrogens with zero attached hydrogens (tertiary/aromatic N) is 1. The van der Waals surface area contributed by atoms with Gasteiger partial charge in [-0.15, -0.1) is 0 Å². The molecular weight excluding hydrogens is 711 g/mol. The second-order valence-electron chi connectivity index (χ2n) is 16.5. The lowest BCUT2D eigenvalue weighted by molar-refractivity contribution is 0.660. The van der Waals surface area contributed by atoms with Crippen molar-refractivity contribution in [3.8, 4) is 44.5 Å². The van der Waals surface area contributed by atoms with Crippen molar-refractivity contribution >= 4 is 17.1 Å². The summed E-state index contributed by atoms with van der Waals surface area (Å²) in [6, 6.07) is 82.9. The second-order valence-corrected chi connectivity index (χ2v) is 16.5. The molecule has 280 valence electrons. The monoisotopic (exact) mass is 753 g/mol. The van der Waals surface area contributed by atoms with Crippen LogP contribution in [0.15, 0.2) is 224 Å². The van der Waals surface area contributed by atoms with Gasteiger partial charge >= 0.3 is 0 Å². The van der Waals surface area contributed by atoms with Gasteiger partial charge in [0.05, 0.1) is 5.41 Å². The summed E-state index contributed by atoms with van der Waals surface area (Å²) >= 11 is 0. The van der Waals surface area contributed by atoms with Crippen LogP contribution < -0.4 is 4.90 Å². The maximum Gasteiger partial charge on any atom is 0.0713 e. The average molecular weight is 754 g/mol. The van der Waals surface area contributed by atoms with Gasteiger partial charge in [0.25, 0.3) is 0 Å². The van der Waals surface area contributed by atoms with E-state index in [0.717, 1.165) is 17.1 Å². The molecule has 9 aromatic carbocycles. The number of hydrogen-bond donors (Lipinski definition) is 0. The fourth-order valence-electron chi connectivity index (χ4n) is 10.2. The first-order valence-electron chi connectivity index (χ1n) is 20.7. The third-order valence-corrected chi connectivity index (χ3v) is 13.0. The average Bonchev–Trinajstić information content (AvgIpc) is 3.73. The van der Waals surface area contributed by atoms with E-state index in [1.165, 1.54) is 77.9 Å². The van der Waals surface area contributed by atoms with Gasteiger partial charge in [-0.1, -0.05) is 196 Å². The molecule has 59 heavy (non-hydrogen) atoms. The molecule has 0 atom stereocenters. The Kier molecular flexibility index (Phi) is 8.13. The van der Waals surface area contributed by atoms with Crippen molar-refractivity contribution < 1.29 is 0 Å². The molecule has 1 heteroatoms. The number of benzene rings is 9. The van der Waals surface area contributed by atoms with E-state index in [-0.39, 0.29) is 5.41 Å². The van der Waals surface area contributed by atoms with Crippen LogP contribution in [0.25, 0.3) is 44.5 Å². The SMILES string of the molecule is CC1(C)c2ccccc2-c2ccc(N(c3ccc(-c4ccccc4)cc3)c3ccc(-c4cccc(C5(c6ccccc6)c6ccccc6-c6ccccc65)c4)cc3)cc21. The summed E-state index contributed by atoms with van der Waals surface area (Å²) in [5, 5.41) is 0. The van der Waals surface area contributed by atoms with Crippen molar-refractivity contribution in [3.63, 3.8) is 0 Å². The minimum Gasteiger partial charge on any atom is -0.310 e. The second kappa shape index (κ2) is 13.7. The van der Waals surface area contributed by atoms with Crippen LogP contribution in [0.4, 0.5) is 17.1 Å². The highest BCUT2D eigenvalue weighted by atomic mass is 15.1. The molecule has 0 saturated carbocycles. The summed E-state index contributed by atoms with van der Waals surface area (Å²) in [5.74, 6) is 0. The van der Waals surface area contributed by atoms with Crippen molar-refractivity contribution in [3.05, 3.63) is 258 Å². The third kappa shape index (κ3) is 5.46. The van der Waals surface area contributed by atoms with Crippen molar-refractivity contribution in [1.29, 1.82) is 0 Å². The van der Waals surface area contributed by atoms with E-state index in [1.807, 2.05) is 0 Å². The topological polar surface area (TPSA) is 3.24 Å². The molecule has 0 fully saturated rings. The first-order valence-corrected chi connectivity index (χ1v) is 20.7. The summed E-state index contributed by atoms with van der Waals surface area (Å²) in [4.78, 5) is 2.41. The van der Waals surface area contributed by atoms with Gasteiger partial charge in [-0.2, -0.15) is 0 Å².